The summed E-state index contributed by atoms with van der Waals surface area (Å²) in [6, 6.07) is 15.1. The molecule has 4 aromatic rings. The van der Waals surface area contributed by atoms with Crippen LogP contribution in [0.2, 0.25) is 0 Å². The first kappa shape index (κ1) is 20.8. The molecule has 160 valence electrons. The number of fused-ring (bicyclic) bond motifs is 3. The molecule has 0 aliphatic rings. The van der Waals surface area contributed by atoms with Gasteiger partial charge in [-0.15, -0.1) is 0 Å². The molecule has 1 N–H and O–H groups in total. The lowest BCUT2D eigenvalue weighted by Gasteiger charge is -2.18. The van der Waals surface area contributed by atoms with Crippen LogP contribution in [0.15, 0.2) is 53.3 Å². The summed E-state index contributed by atoms with van der Waals surface area (Å²) in [6.07, 6.45) is 0.456. The van der Waals surface area contributed by atoms with Gasteiger partial charge in [0.05, 0.1) is 5.52 Å². The maximum Gasteiger partial charge on any atom is 0.291 e. The molecule has 6 heteroatoms. The van der Waals surface area contributed by atoms with E-state index in [1.165, 1.54) is 10.2 Å². The monoisotopic (exact) mass is 416 g/mol. The summed E-state index contributed by atoms with van der Waals surface area (Å²) in [5.41, 5.74) is 4.25. The Morgan fingerprint density at radius 3 is 2.39 bits per heavy atom. The first-order chi connectivity index (χ1) is 14.8. The number of nitrogens with zero attached hydrogens (tertiary/aromatic N) is 3. The second-order valence-electron chi connectivity index (χ2n) is 8.41. The van der Waals surface area contributed by atoms with Crippen molar-refractivity contribution in [3.8, 4) is 0 Å². The van der Waals surface area contributed by atoms with E-state index >= 15 is 0 Å². The van der Waals surface area contributed by atoms with Crippen molar-refractivity contribution in [3.63, 3.8) is 0 Å². The van der Waals surface area contributed by atoms with Crippen LogP contribution in [0.4, 0.5) is 5.69 Å². The highest BCUT2D eigenvalue weighted by Gasteiger charge is 2.23. The van der Waals surface area contributed by atoms with Gasteiger partial charge in [-0.3, -0.25) is 14.0 Å². The fourth-order valence-corrected chi connectivity index (χ4v) is 4.06. The summed E-state index contributed by atoms with van der Waals surface area (Å²) >= 11 is 0. The number of carbonyl (C=O) groups excluding carboxylic acids is 1. The SMILES string of the molecule is CC[C@@H](C(=O)Nc1ccc(C(C)C)cc1)n1nc(C)n2c(cc3cc(C)ccc32)c1=O. The van der Waals surface area contributed by atoms with E-state index in [1.54, 1.807) is 0 Å². The zero-order chi connectivity index (χ0) is 22.3. The van der Waals surface area contributed by atoms with Gasteiger partial charge in [0.1, 0.15) is 17.4 Å². The van der Waals surface area contributed by atoms with Gasteiger partial charge < -0.3 is 5.32 Å². The van der Waals surface area contributed by atoms with Gasteiger partial charge in [-0.25, -0.2) is 4.68 Å². The lowest BCUT2D eigenvalue weighted by molar-refractivity contribution is -0.119. The standard InChI is InChI=1S/C25H28N4O2/c1-6-21(24(30)26-20-10-8-18(9-11-20)15(2)3)29-25(31)23-14-19-13-16(4)7-12-22(19)28(23)17(5)27-29/h7-15,21H,6H2,1-5H3,(H,26,30)/t21-/m0/s1. The van der Waals surface area contributed by atoms with E-state index in [0.29, 0.717) is 29.4 Å². The number of hydrogen-bond acceptors (Lipinski definition) is 3. The minimum absolute atomic E-state index is 0.245. The Morgan fingerprint density at radius 1 is 1.03 bits per heavy atom. The molecule has 0 saturated carbocycles. The quantitative estimate of drug-likeness (QED) is 0.499. The molecule has 2 aromatic heterocycles. The highest BCUT2D eigenvalue weighted by Crippen LogP contribution is 2.22. The fraction of sp³-hybridized carbons (Fsp3) is 0.320. The van der Waals surface area contributed by atoms with E-state index in [1.807, 2.05) is 67.6 Å². The molecule has 2 heterocycles. The van der Waals surface area contributed by atoms with Gasteiger partial charge in [0.2, 0.25) is 5.91 Å². The molecule has 0 fully saturated rings. The van der Waals surface area contributed by atoms with E-state index in [0.717, 1.165) is 16.5 Å². The van der Waals surface area contributed by atoms with Gasteiger partial charge in [0, 0.05) is 11.1 Å². The van der Waals surface area contributed by atoms with Crippen LogP contribution in [0.25, 0.3) is 16.4 Å². The Labute approximate surface area is 181 Å². The molecule has 0 unspecified atom stereocenters. The summed E-state index contributed by atoms with van der Waals surface area (Å²) in [5, 5.41) is 8.45. The lowest BCUT2D eigenvalue weighted by atomic mass is 10.0. The fourth-order valence-electron chi connectivity index (χ4n) is 4.06. The number of anilines is 1. The molecule has 0 bridgehead atoms. The van der Waals surface area contributed by atoms with Gasteiger partial charge in [-0.05, 0) is 62.1 Å². The van der Waals surface area contributed by atoms with Gasteiger partial charge in [-0.1, -0.05) is 44.5 Å². The van der Waals surface area contributed by atoms with Crippen LogP contribution in [-0.4, -0.2) is 20.1 Å². The lowest BCUT2D eigenvalue weighted by Crippen LogP contribution is -2.36. The first-order valence-corrected chi connectivity index (χ1v) is 10.7. The predicted octanol–water partition coefficient (Wildman–Crippen LogP) is 4.98. The number of hydrogen-bond donors (Lipinski definition) is 1. The molecule has 1 atom stereocenters. The van der Waals surface area contributed by atoms with Crippen LogP contribution in [0, 0.1) is 13.8 Å². The highest BCUT2D eigenvalue weighted by atomic mass is 16.2. The van der Waals surface area contributed by atoms with Crippen LogP contribution in [0.3, 0.4) is 0 Å². The summed E-state index contributed by atoms with van der Waals surface area (Å²) in [4.78, 5) is 26.4. The second-order valence-corrected chi connectivity index (χ2v) is 8.41. The van der Waals surface area contributed by atoms with Gasteiger partial charge in [0.15, 0.2) is 0 Å². The number of aryl methyl sites for hydroxylation is 2. The molecule has 6 nitrogen and oxygen atoms in total. The average Bonchev–Trinajstić information content (AvgIpc) is 3.12. The van der Waals surface area contributed by atoms with Gasteiger partial charge >= 0.3 is 0 Å². The predicted molar refractivity (Wildman–Crippen MR) is 125 cm³/mol. The number of nitrogens with one attached hydrogen (secondary N) is 1. The van der Waals surface area contributed by atoms with Crippen molar-refractivity contribution >= 4 is 28.0 Å². The molecule has 0 radical (unpaired) electrons. The number of amides is 1. The summed E-state index contributed by atoms with van der Waals surface area (Å²) < 4.78 is 3.19. The smallest absolute Gasteiger partial charge is 0.291 e. The van der Waals surface area contributed by atoms with E-state index in [9.17, 15) is 9.59 Å². The minimum atomic E-state index is -0.694. The number of carbonyl (C=O) groups is 1. The molecule has 0 aliphatic heterocycles. The molecular formula is C25H28N4O2. The van der Waals surface area contributed by atoms with Crippen molar-refractivity contribution < 1.29 is 4.79 Å². The third-order valence-electron chi connectivity index (χ3n) is 5.79. The normalized spacial score (nSPS) is 12.6. The third-order valence-corrected chi connectivity index (χ3v) is 5.79. The number of aromatic nitrogens is 3. The molecular weight excluding hydrogens is 388 g/mol. The average molecular weight is 417 g/mol. The van der Waals surface area contributed by atoms with Crippen molar-refractivity contribution in [2.45, 2.75) is 53.0 Å². The summed E-state index contributed by atoms with van der Waals surface area (Å²) in [5.74, 6) is 0.845. The van der Waals surface area contributed by atoms with Crippen LogP contribution in [-0.2, 0) is 4.79 Å². The Hall–Kier alpha value is -3.41. The Bertz CT molecular complexity index is 1330. The topological polar surface area (TPSA) is 68.4 Å². The van der Waals surface area contributed by atoms with Crippen LogP contribution in [0.1, 0.15) is 56.1 Å². The zero-order valence-corrected chi connectivity index (χ0v) is 18.6. The van der Waals surface area contributed by atoms with Gasteiger partial charge in [0.25, 0.3) is 5.56 Å². The van der Waals surface area contributed by atoms with Crippen molar-refractivity contribution in [1.82, 2.24) is 14.2 Å². The largest absolute Gasteiger partial charge is 0.324 e. The highest BCUT2D eigenvalue weighted by molar-refractivity contribution is 5.94. The minimum Gasteiger partial charge on any atom is -0.324 e. The van der Waals surface area contributed by atoms with E-state index < -0.39 is 6.04 Å². The summed E-state index contributed by atoms with van der Waals surface area (Å²) in [7, 11) is 0. The number of rotatable bonds is 5. The Balaban J connectivity index is 1.73. The van der Waals surface area contributed by atoms with Crippen LogP contribution in [0.5, 0.6) is 0 Å². The molecule has 2 aromatic carbocycles. The van der Waals surface area contributed by atoms with Crippen molar-refractivity contribution in [3.05, 3.63) is 75.8 Å². The number of benzene rings is 2. The van der Waals surface area contributed by atoms with E-state index in [4.69, 9.17) is 0 Å². The zero-order valence-electron chi connectivity index (χ0n) is 18.6. The maximum atomic E-state index is 13.3. The molecule has 0 saturated heterocycles. The molecule has 4 rings (SSSR count). The van der Waals surface area contributed by atoms with Crippen molar-refractivity contribution in [2.24, 2.45) is 0 Å². The Kier molecular flexibility index (Phi) is 5.39. The van der Waals surface area contributed by atoms with Crippen molar-refractivity contribution in [2.75, 3.05) is 5.32 Å². The van der Waals surface area contributed by atoms with Gasteiger partial charge in [-0.2, -0.15) is 5.10 Å². The molecule has 0 spiro atoms. The maximum absolute atomic E-state index is 13.3. The van der Waals surface area contributed by atoms with E-state index in [-0.39, 0.29) is 11.5 Å². The van der Waals surface area contributed by atoms with Crippen LogP contribution < -0.4 is 10.9 Å². The van der Waals surface area contributed by atoms with E-state index in [2.05, 4.69) is 30.3 Å². The molecule has 31 heavy (non-hydrogen) atoms. The third kappa shape index (κ3) is 3.74. The first-order valence-electron chi connectivity index (χ1n) is 10.7. The van der Waals surface area contributed by atoms with Crippen molar-refractivity contribution in [1.29, 1.82) is 0 Å². The molecule has 1 amide bonds. The summed E-state index contributed by atoms with van der Waals surface area (Å²) in [6.45, 7) is 10.0. The molecule has 0 aliphatic carbocycles. The Morgan fingerprint density at radius 2 is 1.74 bits per heavy atom. The second kappa shape index (κ2) is 8.02. The van der Waals surface area contributed by atoms with Crippen LogP contribution >= 0.6 is 0 Å².